The van der Waals surface area contributed by atoms with E-state index in [9.17, 15) is 0 Å². The first-order valence-electron chi connectivity index (χ1n) is 26.9. The molecule has 0 N–H and O–H groups in total. The molecule has 12 aromatic carbocycles. The molecule has 0 aliphatic heterocycles. The predicted octanol–water partition coefficient (Wildman–Crippen LogP) is 21.6. The van der Waals surface area contributed by atoms with Gasteiger partial charge in [-0.15, -0.1) is 0 Å². The number of furan rings is 3. The Labute approximate surface area is 457 Å². The summed E-state index contributed by atoms with van der Waals surface area (Å²) in [6.07, 6.45) is 0. The molecular formula is C74H50N2O3. The molecule has 0 bridgehead atoms. The van der Waals surface area contributed by atoms with Gasteiger partial charge in [0.2, 0.25) is 0 Å². The van der Waals surface area contributed by atoms with Gasteiger partial charge in [0.25, 0.3) is 0 Å². The molecule has 15 rings (SSSR count). The average Bonchev–Trinajstić information content (AvgIpc) is 4.39. The lowest BCUT2D eigenvalue weighted by atomic mass is 9.99. The van der Waals surface area contributed by atoms with Crippen LogP contribution in [0.1, 0.15) is 11.1 Å². The van der Waals surface area contributed by atoms with E-state index in [1.54, 1.807) is 0 Å². The molecule has 15 aromatic rings. The number of benzene rings is 12. The first-order valence-corrected chi connectivity index (χ1v) is 26.9. The molecule has 0 unspecified atom stereocenters. The van der Waals surface area contributed by atoms with E-state index in [0.29, 0.717) is 0 Å². The van der Waals surface area contributed by atoms with Crippen LogP contribution in [-0.2, 0) is 0 Å². The van der Waals surface area contributed by atoms with Gasteiger partial charge in [-0.1, -0.05) is 193 Å². The van der Waals surface area contributed by atoms with Gasteiger partial charge < -0.3 is 23.1 Å². The van der Waals surface area contributed by atoms with Crippen LogP contribution in [0.2, 0.25) is 0 Å². The Morgan fingerprint density at radius 3 is 0.759 bits per heavy atom. The van der Waals surface area contributed by atoms with E-state index in [1.165, 1.54) is 11.1 Å². The van der Waals surface area contributed by atoms with Crippen molar-refractivity contribution < 1.29 is 13.3 Å². The van der Waals surface area contributed by atoms with E-state index in [2.05, 4.69) is 266 Å². The van der Waals surface area contributed by atoms with Crippen LogP contribution in [0.4, 0.5) is 34.1 Å². The molecule has 0 radical (unpaired) electrons. The van der Waals surface area contributed by atoms with Gasteiger partial charge in [0.1, 0.15) is 33.5 Å². The summed E-state index contributed by atoms with van der Waals surface area (Å²) < 4.78 is 20.0. The maximum Gasteiger partial charge on any atom is 0.143 e. The van der Waals surface area contributed by atoms with Gasteiger partial charge in [0.05, 0.1) is 0 Å². The van der Waals surface area contributed by atoms with Crippen molar-refractivity contribution in [2.45, 2.75) is 13.8 Å². The number of hydrogen-bond acceptors (Lipinski definition) is 5. The van der Waals surface area contributed by atoms with Crippen molar-refractivity contribution in [2.75, 3.05) is 9.80 Å². The molecule has 0 spiro atoms. The number of nitrogens with zero attached hydrogens (tertiary/aromatic N) is 2. The van der Waals surface area contributed by atoms with Gasteiger partial charge in [0, 0.05) is 88.7 Å². The summed E-state index contributed by atoms with van der Waals surface area (Å²) in [5.41, 5.74) is 22.7. The standard InChI is InChI=1S/C74H50N2O3/c1-47-23-35-53(36-24-47)75(54-37-25-48(2)26-38-54)55-43-31-51(32-44-55)61-15-9-19-67-68-20-10-16-62(74(68)79-73(61)67)52-33-45-58(46-34-52)76(56-39-27-49(28-40-56)59-13-7-17-65-63-11-3-5-21-69(63)77-71(59)65)57-41-29-50(30-42-57)60-14-8-18-66-64-12-4-6-22-70(64)78-72(60)66/h3-46H,1-2H3. The zero-order valence-electron chi connectivity index (χ0n) is 43.5. The molecule has 0 fully saturated rings. The van der Waals surface area contributed by atoms with Crippen LogP contribution in [0, 0.1) is 13.8 Å². The SMILES string of the molecule is Cc1ccc(N(c2ccc(C)cc2)c2ccc(-c3cccc4c3oc3c(-c5ccc(N(c6ccc(-c7cccc8c7oc7ccccc78)cc6)c6ccc(-c7cccc8c7oc7ccccc78)cc6)cc5)cccc34)cc2)cc1. The molecule has 0 saturated carbocycles. The number of hydrogen-bond donors (Lipinski definition) is 0. The Kier molecular flexibility index (Phi) is 10.9. The second-order valence-corrected chi connectivity index (χ2v) is 20.6. The summed E-state index contributed by atoms with van der Waals surface area (Å²) in [4.78, 5) is 4.63. The van der Waals surface area contributed by atoms with E-state index in [4.69, 9.17) is 13.3 Å². The van der Waals surface area contributed by atoms with Crippen molar-refractivity contribution in [1.82, 2.24) is 0 Å². The topological polar surface area (TPSA) is 45.9 Å². The molecule has 0 aliphatic carbocycles. The minimum Gasteiger partial charge on any atom is -0.455 e. The van der Waals surface area contributed by atoms with Gasteiger partial charge >= 0.3 is 0 Å². The highest BCUT2D eigenvalue weighted by molar-refractivity contribution is 6.14. The van der Waals surface area contributed by atoms with Crippen LogP contribution in [0.5, 0.6) is 0 Å². The maximum atomic E-state index is 7.03. The molecule has 0 amide bonds. The van der Waals surface area contributed by atoms with Crippen LogP contribution in [0.15, 0.2) is 280 Å². The van der Waals surface area contributed by atoms with Gasteiger partial charge in [0.15, 0.2) is 0 Å². The fourth-order valence-electron chi connectivity index (χ4n) is 11.7. The van der Waals surface area contributed by atoms with E-state index < -0.39 is 0 Å². The number of aryl methyl sites for hydroxylation is 2. The molecule has 5 nitrogen and oxygen atoms in total. The van der Waals surface area contributed by atoms with Gasteiger partial charge in [-0.25, -0.2) is 0 Å². The fraction of sp³-hybridized carbons (Fsp3) is 0.0270. The van der Waals surface area contributed by atoms with E-state index in [0.717, 1.165) is 144 Å². The first-order chi connectivity index (χ1) is 39.0. The lowest BCUT2D eigenvalue weighted by Crippen LogP contribution is -2.09. The Morgan fingerprint density at radius 2 is 0.456 bits per heavy atom. The second-order valence-electron chi connectivity index (χ2n) is 20.6. The van der Waals surface area contributed by atoms with Crippen LogP contribution in [0.25, 0.3) is 110 Å². The zero-order valence-corrected chi connectivity index (χ0v) is 43.5. The number of para-hydroxylation sites is 6. The fourth-order valence-corrected chi connectivity index (χ4v) is 11.7. The third-order valence-electron chi connectivity index (χ3n) is 15.7. The summed E-state index contributed by atoms with van der Waals surface area (Å²) in [5, 5.41) is 6.63. The smallest absolute Gasteiger partial charge is 0.143 e. The molecule has 3 heterocycles. The number of fused-ring (bicyclic) bond motifs is 9. The molecule has 3 aromatic heterocycles. The van der Waals surface area contributed by atoms with Gasteiger partial charge in [-0.3, -0.25) is 0 Å². The van der Waals surface area contributed by atoms with Crippen molar-refractivity contribution in [1.29, 1.82) is 0 Å². The Bertz CT molecular complexity index is 4560. The van der Waals surface area contributed by atoms with Crippen molar-refractivity contribution in [3.8, 4) is 44.5 Å². The van der Waals surface area contributed by atoms with Gasteiger partial charge in [-0.2, -0.15) is 0 Å². The predicted molar refractivity (Wildman–Crippen MR) is 329 cm³/mol. The van der Waals surface area contributed by atoms with E-state index in [-0.39, 0.29) is 0 Å². The zero-order chi connectivity index (χ0) is 52.6. The molecule has 0 aliphatic rings. The Hall–Kier alpha value is -10.4. The summed E-state index contributed by atoms with van der Waals surface area (Å²) in [6, 6.07) is 95.0. The van der Waals surface area contributed by atoms with Crippen molar-refractivity contribution in [3.63, 3.8) is 0 Å². The van der Waals surface area contributed by atoms with Crippen molar-refractivity contribution in [3.05, 3.63) is 278 Å². The van der Waals surface area contributed by atoms with Crippen LogP contribution >= 0.6 is 0 Å². The number of anilines is 6. The van der Waals surface area contributed by atoms with Crippen molar-refractivity contribution in [2.24, 2.45) is 0 Å². The Morgan fingerprint density at radius 1 is 0.215 bits per heavy atom. The minimum absolute atomic E-state index is 0.862. The lowest BCUT2D eigenvalue weighted by molar-refractivity contribution is 0.669. The highest BCUT2D eigenvalue weighted by atomic mass is 16.3. The second kappa shape index (κ2) is 18.7. The minimum atomic E-state index is 0.862. The highest BCUT2D eigenvalue weighted by Gasteiger charge is 2.21. The largest absolute Gasteiger partial charge is 0.455 e. The third kappa shape index (κ3) is 7.94. The van der Waals surface area contributed by atoms with Gasteiger partial charge in [-0.05, 0) is 121 Å². The van der Waals surface area contributed by atoms with Crippen LogP contribution in [-0.4, -0.2) is 0 Å². The Balaban J connectivity index is 0.789. The van der Waals surface area contributed by atoms with Crippen molar-refractivity contribution >= 4 is 99.9 Å². The van der Waals surface area contributed by atoms with Crippen LogP contribution in [0.3, 0.4) is 0 Å². The monoisotopic (exact) mass is 1010 g/mol. The summed E-state index contributed by atoms with van der Waals surface area (Å²) >= 11 is 0. The molecular weight excluding hydrogens is 965 g/mol. The summed E-state index contributed by atoms with van der Waals surface area (Å²) in [6.45, 7) is 4.25. The first kappa shape index (κ1) is 46.0. The normalized spacial score (nSPS) is 11.7. The molecule has 0 atom stereocenters. The molecule has 0 saturated heterocycles. The maximum absolute atomic E-state index is 7.03. The summed E-state index contributed by atoms with van der Waals surface area (Å²) in [7, 11) is 0. The quantitative estimate of drug-likeness (QED) is 0.137. The van der Waals surface area contributed by atoms with E-state index >= 15 is 0 Å². The molecule has 374 valence electrons. The highest BCUT2D eigenvalue weighted by Crippen LogP contribution is 2.45. The molecule has 5 heteroatoms. The molecule has 79 heavy (non-hydrogen) atoms. The van der Waals surface area contributed by atoms with Crippen LogP contribution < -0.4 is 9.80 Å². The van der Waals surface area contributed by atoms with E-state index in [1.807, 2.05) is 24.3 Å². The lowest BCUT2D eigenvalue weighted by Gasteiger charge is -2.26. The number of rotatable bonds is 10. The third-order valence-corrected chi connectivity index (χ3v) is 15.7. The summed E-state index contributed by atoms with van der Waals surface area (Å²) in [5.74, 6) is 0. The average molecular weight is 1020 g/mol.